The first kappa shape index (κ1) is 31.2. The number of thiophene rings is 1. The lowest BCUT2D eigenvalue weighted by Gasteiger charge is -2.26. The summed E-state index contributed by atoms with van der Waals surface area (Å²) in [5, 5.41) is 13.1. The van der Waals surface area contributed by atoms with Crippen molar-refractivity contribution in [2.45, 2.75) is 50.0 Å². The number of hydrogen-bond donors (Lipinski definition) is 2. The predicted octanol–water partition coefficient (Wildman–Crippen LogP) is 9.08. The van der Waals surface area contributed by atoms with Gasteiger partial charge in [0.1, 0.15) is 0 Å². The van der Waals surface area contributed by atoms with Crippen LogP contribution in [0.2, 0.25) is 5.02 Å². The van der Waals surface area contributed by atoms with Gasteiger partial charge < -0.3 is 10.7 Å². The largest absolute Gasteiger partial charge is 0.353 e. The van der Waals surface area contributed by atoms with Gasteiger partial charge in [0, 0.05) is 29.4 Å². The van der Waals surface area contributed by atoms with E-state index in [0.29, 0.717) is 28.2 Å². The van der Waals surface area contributed by atoms with Crippen LogP contribution in [0.25, 0.3) is 16.1 Å². The van der Waals surface area contributed by atoms with E-state index in [2.05, 4.69) is 55.3 Å². The molecule has 8 heteroatoms. The number of rotatable bonds is 9. The number of benzene rings is 3. The number of halogens is 1. The molecule has 0 aliphatic carbocycles. The van der Waals surface area contributed by atoms with Crippen molar-refractivity contribution in [3.05, 3.63) is 112 Å². The Morgan fingerprint density at radius 2 is 1.79 bits per heavy atom. The van der Waals surface area contributed by atoms with Crippen molar-refractivity contribution in [3.8, 4) is 10.4 Å². The standard InChI is InChI=1S/C35H38ClN3O2S2/c1-35(2,3)26-16-14-24(15-17-26)32-13-8-20-39(32)23-27(37)22-31(38-30-12-6-5-11-29(30)36)34-19-18-33(42-34)25-9-7-10-28(21-25)43(4,40)41/h5-7,9-12,14-19,21-22,32,37-38H,8,13,20,23H2,1-4H3/b31-22-,37-27?. The first-order valence-electron chi connectivity index (χ1n) is 14.4. The Labute approximate surface area is 264 Å². The second-order valence-corrected chi connectivity index (χ2v) is 15.7. The van der Waals surface area contributed by atoms with Gasteiger partial charge in [0.25, 0.3) is 0 Å². The lowest BCUT2D eigenvalue weighted by molar-refractivity contribution is 0.294. The molecule has 1 aliphatic heterocycles. The first-order valence-corrected chi connectivity index (χ1v) is 17.5. The van der Waals surface area contributed by atoms with Crippen LogP contribution in [0.15, 0.2) is 95.9 Å². The summed E-state index contributed by atoms with van der Waals surface area (Å²) in [4.78, 5) is 4.56. The number of sulfone groups is 1. The van der Waals surface area contributed by atoms with Gasteiger partial charge in [-0.25, -0.2) is 8.42 Å². The SMILES string of the molecule is CC(C)(C)c1ccc(C2CCCN2CC(=N)/C=C(\Nc2ccccc2Cl)c2ccc(-c3cccc(S(C)(=O)=O)c3)s2)cc1. The molecule has 224 valence electrons. The molecule has 1 unspecified atom stereocenters. The summed E-state index contributed by atoms with van der Waals surface area (Å²) < 4.78 is 24.3. The number of para-hydroxylation sites is 1. The highest BCUT2D eigenvalue weighted by Gasteiger charge is 2.27. The van der Waals surface area contributed by atoms with E-state index in [-0.39, 0.29) is 5.41 Å². The minimum absolute atomic E-state index is 0.115. The maximum absolute atomic E-state index is 12.1. The summed E-state index contributed by atoms with van der Waals surface area (Å²) >= 11 is 8.06. The molecule has 1 saturated heterocycles. The highest BCUT2D eigenvalue weighted by molar-refractivity contribution is 7.90. The van der Waals surface area contributed by atoms with E-state index < -0.39 is 9.84 Å². The minimum Gasteiger partial charge on any atom is -0.353 e. The van der Waals surface area contributed by atoms with Gasteiger partial charge in [0.15, 0.2) is 9.84 Å². The number of anilines is 1. The fraction of sp³-hybridized carbons (Fsp3) is 0.286. The van der Waals surface area contributed by atoms with E-state index >= 15 is 0 Å². The molecule has 1 aromatic heterocycles. The third-order valence-electron chi connectivity index (χ3n) is 7.78. The first-order chi connectivity index (χ1) is 20.4. The molecule has 0 bridgehead atoms. The Kier molecular flexibility index (Phi) is 9.28. The van der Waals surface area contributed by atoms with E-state index in [0.717, 1.165) is 46.1 Å². The zero-order chi connectivity index (χ0) is 30.8. The van der Waals surface area contributed by atoms with Gasteiger partial charge >= 0.3 is 0 Å². The van der Waals surface area contributed by atoms with E-state index in [1.807, 2.05) is 48.5 Å². The van der Waals surface area contributed by atoms with Crippen molar-refractivity contribution in [2.75, 3.05) is 24.7 Å². The maximum atomic E-state index is 12.1. The molecule has 0 spiro atoms. The number of nitrogens with zero attached hydrogens (tertiary/aromatic N) is 1. The van der Waals surface area contributed by atoms with E-state index in [4.69, 9.17) is 17.0 Å². The summed E-state index contributed by atoms with van der Waals surface area (Å²) in [7, 11) is -3.32. The second-order valence-electron chi connectivity index (χ2n) is 12.2. The summed E-state index contributed by atoms with van der Waals surface area (Å²) in [6, 6.07) is 27.8. The number of hydrogen-bond acceptors (Lipinski definition) is 6. The molecule has 3 aromatic carbocycles. The molecule has 5 nitrogen and oxygen atoms in total. The minimum atomic E-state index is -3.32. The molecule has 2 N–H and O–H groups in total. The maximum Gasteiger partial charge on any atom is 0.175 e. The Hall–Kier alpha value is -3.23. The average molecular weight is 632 g/mol. The van der Waals surface area contributed by atoms with Crippen LogP contribution in [0.3, 0.4) is 0 Å². The second kappa shape index (κ2) is 12.8. The van der Waals surface area contributed by atoms with Gasteiger partial charge in [-0.2, -0.15) is 0 Å². The van der Waals surface area contributed by atoms with Crippen LogP contribution in [-0.4, -0.2) is 38.4 Å². The van der Waals surface area contributed by atoms with Crippen LogP contribution in [0.4, 0.5) is 5.69 Å². The van der Waals surface area contributed by atoms with Gasteiger partial charge in [0.2, 0.25) is 0 Å². The quantitative estimate of drug-likeness (QED) is 0.181. The van der Waals surface area contributed by atoms with E-state index in [1.54, 1.807) is 29.5 Å². The van der Waals surface area contributed by atoms with Crippen molar-refractivity contribution in [1.29, 1.82) is 5.41 Å². The average Bonchev–Trinajstić information content (AvgIpc) is 3.63. The fourth-order valence-corrected chi connectivity index (χ4v) is 7.25. The monoisotopic (exact) mass is 631 g/mol. The molecule has 43 heavy (non-hydrogen) atoms. The molecular formula is C35H38ClN3O2S2. The molecule has 1 aliphatic rings. The number of nitrogens with one attached hydrogen (secondary N) is 2. The molecule has 1 atom stereocenters. The van der Waals surface area contributed by atoms with Crippen molar-refractivity contribution in [2.24, 2.45) is 0 Å². The summed E-state index contributed by atoms with van der Waals surface area (Å²) in [6.07, 6.45) is 5.30. The third kappa shape index (κ3) is 7.65. The molecule has 4 aromatic rings. The summed E-state index contributed by atoms with van der Waals surface area (Å²) in [5.41, 5.74) is 5.62. The van der Waals surface area contributed by atoms with Crippen LogP contribution in [0.5, 0.6) is 0 Å². The van der Waals surface area contributed by atoms with Gasteiger partial charge in [-0.05, 0) is 84.0 Å². The molecule has 0 saturated carbocycles. The fourth-order valence-electron chi connectivity index (χ4n) is 5.43. The smallest absolute Gasteiger partial charge is 0.175 e. The molecule has 5 rings (SSSR count). The van der Waals surface area contributed by atoms with Gasteiger partial charge in [-0.1, -0.05) is 80.9 Å². The van der Waals surface area contributed by atoms with Crippen LogP contribution in [-0.2, 0) is 15.3 Å². The molecule has 0 amide bonds. The third-order valence-corrected chi connectivity index (χ3v) is 10.4. The molecule has 1 fully saturated rings. The highest BCUT2D eigenvalue weighted by Crippen LogP contribution is 2.36. The van der Waals surface area contributed by atoms with Crippen molar-refractivity contribution in [1.82, 2.24) is 4.90 Å². The van der Waals surface area contributed by atoms with Gasteiger partial charge in [-0.3, -0.25) is 4.90 Å². The van der Waals surface area contributed by atoms with Crippen LogP contribution < -0.4 is 5.32 Å². The Morgan fingerprint density at radius 1 is 1.05 bits per heavy atom. The topological polar surface area (TPSA) is 73.3 Å². The molecule has 0 radical (unpaired) electrons. The zero-order valence-electron chi connectivity index (χ0n) is 25.0. The van der Waals surface area contributed by atoms with Gasteiger partial charge in [0.05, 0.1) is 26.2 Å². The highest BCUT2D eigenvalue weighted by atomic mass is 35.5. The van der Waals surface area contributed by atoms with Crippen LogP contribution in [0.1, 0.15) is 55.7 Å². The lowest BCUT2D eigenvalue weighted by atomic mass is 9.86. The Bertz CT molecular complexity index is 1750. The van der Waals surface area contributed by atoms with Crippen molar-refractivity contribution >= 4 is 49.9 Å². The van der Waals surface area contributed by atoms with Crippen LogP contribution in [0, 0.1) is 5.41 Å². The predicted molar refractivity (Wildman–Crippen MR) is 182 cm³/mol. The Morgan fingerprint density at radius 3 is 2.49 bits per heavy atom. The van der Waals surface area contributed by atoms with Gasteiger partial charge in [-0.15, -0.1) is 11.3 Å². The normalized spacial score (nSPS) is 16.4. The Balaban J connectivity index is 1.41. The van der Waals surface area contributed by atoms with Crippen LogP contribution >= 0.6 is 22.9 Å². The summed E-state index contributed by atoms with van der Waals surface area (Å²) in [6.45, 7) is 8.18. The lowest BCUT2D eigenvalue weighted by Crippen LogP contribution is -2.29. The summed E-state index contributed by atoms with van der Waals surface area (Å²) in [5.74, 6) is 0. The van der Waals surface area contributed by atoms with E-state index in [1.165, 1.54) is 17.4 Å². The zero-order valence-corrected chi connectivity index (χ0v) is 27.4. The number of likely N-dealkylation sites (tertiary alicyclic amines) is 1. The van der Waals surface area contributed by atoms with Crippen molar-refractivity contribution < 1.29 is 8.42 Å². The van der Waals surface area contributed by atoms with Crippen molar-refractivity contribution in [3.63, 3.8) is 0 Å². The molecule has 2 heterocycles. The van der Waals surface area contributed by atoms with E-state index in [9.17, 15) is 8.42 Å². The molecular weight excluding hydrogens is 594 g/mol.